The van der Waals surface area contributed by atoms with Gasteiger partial charge in [-0.3, -0.25) is 0 Å². The average Bonchev–Trinajstić information content (AvgIpc) is 2.55. The van der Waals surface area contributed by atoms with Crippen molar-refractivity contribution >= 4 is 5.95 Å². The van der Waals surface area contributed by atoms with E-state index in [0.717, 1.165) is 5.69 Å². The van der Waals surface area contributed by atoms with E-state index in [-0.39, 0.29) is 6.10 Å². The van der Waals surface area contributed by atoms with Gasteiger partial charge in [0.15, 0.2) is 0 Å². The molecule has 0 aromatic carbocycles. The molecule has 1 N–H and O–H groups in total. The topological polar surface area (TPSA) is 47.0 Å². The van der Waals surface area contributed by atoms with Crippen LogP contribution in [-0.2, 0) is 0 Å². The van der Waals surface area contributed by atoms with Crippen LogP contribution in [0.2, 0.25) is 0 Å². The van der Waals surface area contributed by atoms with Gasteiger partial charge in [-0.1, -0.05) is 25.7 Å². The molecule has 4 nitrogen and oxygen atoms in total. The van der Waals surface area contributed by atoms with Crippen LogP contribution < -0.4 is 10.1 Å². The lowest BCUT2D eigenvalue weighted by Gasteiger charge is -2.17. The zero-order valence-electron chi connectivity index (χ0n) is 12.3. The van der Waals surface area contributed by atoms with Crippen LogP contribution in [-0.4, -0.2) is 22.1 Å². The Balaban J connectivity index is 2.04. The minimum absolute atomic E-state index is 0.139. The summed E-state index contributed by atoms with van der Waals surface area (Å²) in [7, 11) is 0. The molecular weight excluding hydrogens is 238 g/mol. The maximum absolute atomic E-state index is 5.66. The van der Waals surface area contributed by atoms with Gasteiger partial charge in [-0.25, -0.2) is 4.98 Å². The lowest BCUT2D eigenvalue weighted by molar-refractivity contribution is 0.232. The molecule has 1 saturated carbocycles. The van der Waals surface area contributed by atoms with Gasteiger partial charge in [0.25, 0.3) is 0 Å². The van der Waals surface area contributed by atoms with E-state index in [9.17, 15) is 0 Å². The summed E-state index contributed by atoms with van der Waals surface area (Å²) in [6.45, 7) is 6.00. The van der Waals surface area contributed by atoms with Gasteiger partial charge >= 0.3 is 0 Å². The predicted octanol–water partition coefficient (Wildman–Crippen LogP) is 3.71. The Bertz CT molecular complexity index is 398. The number of aromatic nitrogens is 2. The van der Waals surface area contributed by atoms with Crippen molar-refractivity contribution in [2.24, 2.45) is 0 Å². The fraction of sp³-hybridized carbons (Fsp3) is 0.733. The molecule has 0 unspecified atom stereocenters. The molecule has 0 saturated heterocycles. The van der Waals surface area contributed by atoms with E-state index < -0.39 is 0 Å². The van der Waals surface area contributed by atoms with Crippen molar-refractivity contribution in [2.45, 2.75) is 71.4 Å². The number of ether oxygens (including phenoxy) is 1. The van der Waals surface area contributed by atoms with Crippen LogP contribution in [0.1, 0.15) is 58.1 Å². The quantitative estimate of drug-likeness (QED) is 0.841. The third kappa shape index (κ3) is 4.69. The lowest BCUT2D eigenvalue weighted by Crippen LogP contribution is -2.20. The zero-order valence-corrected chi connectivity index (χ0v) is 12.3. The molecule has 1 aliphatic rings. The Morgan fingerprint density at radius 3 is 2.47 bits per heavy atom. The van der Waals surface area contributed by atoms with Crippen LogP contribution in [0.25, 0.3) is 0 Å². The molecule has 4 heteroatoms. The van der Waals surface area contributed by atoms with E-state index >= 15 is 0 Å². The molecule has 1 aliphatic carbocycles. The van der Waals surface area contributed by atoms with E-state index in [1.54, 1.807) is 0 Å². The number of anilines is 1. The smallest absolute Gasteiger partial charge is 0.226 e. The summed E-state index contributed by atoms with van der Waals surface area (Å²) in [6, 6.07) is 2.40. The van der Waals surface area contributed by atoms with Gasteiger partial charge < -0.3 is 10.1 Å². The second-order valence-electron chi connectivity index (χ2n) is 5.67. The maximum atomic E-state index is 5.66. The average molecular weight is 263 g/mol. The highest BCUT2D eigenvalue weighted by atomic mass is 16.5. The summed E-state index contributed by atoms with van der Waals surface area (Å²) < 4.78 is 5.66. The van der Waals surface area contributed by atoms with Gasteiger partial charge in [-0.15, -0.1) is 0 Å². The van der Waals surface area contributed by atoms with Gasteiger partial charge in [0.1, 0.15) is 0 Å². The second-order valence-corrected chi connectivity index (χ2v) is 5.67. The highest BCUT2D eigenvalue weighted by Crippen LogP contribution is 2.21. The molecule has 106 valence electrons. The summed E-state index contributed by atoms with van der Waals surface area (Å²) in [5, 5.41) is 3.47. The molecule has 0 aliphatic heterocycles. The highest BCUT2D eigenvalue weighted by Gasteiger charge is 2.14. The fourth-order valence-electron chi connectivity index (χ4n) is 2.51. The summed E-state index contributed by atoms with van der Waals surface area (Å²) in [5.74, 6) is 1.38. The predicted molar refractivity (Wildman–Crippen MR) is 77.6 cm³/mol. The van der Waals surface area contributed by atoms with Crippen molar-refractivity contribution in [3.05, 3.63) is 11.8 Å². The molecule has 0 amide bonds. The third-order valence-electron chi connectivity index (χ3n) is 3.38. The van der Waals surface area contributed by atoms with Crippen LogP contribution in [0.3, 0.4) is 0 Å². The molecule has 1 heterocycles. The Labute approximate surface area is 116 Å². The Hall–Kier alpha value is -1.32. The van der Waals surface area contributed by atoms with Crippen molar-refractivity contribution in [1.29, 1.82) is 0 Å². The van der Waals surface area contributed by atoms with Crippen LogP contribution in [0.5, 0.6) is 5.88 Å². The summed E-state index contributed by atoms with van der Waals surface area (Å²) in [4.78, 5) is 8.92. The minimum Gasteiger partial charge on any atom is -0.475 e. The van der Waals surface area contributed by atoms with Crippen LogP contribution in [0, 0.1) is 6.92 Å². The van der Waals surface area contributed by atoms with Crippen molar-refractivity contribution in [3.8, 4) is 5.88 Å². The van der Waals surface area contributed by atoms with Gasteiger partial charge in [-0.2, -0.15) is 4.98 Å². The van der Waals surface area contributed by atoms with Gasteiger partial charge in [-0.05, 0) is 33.6 Å². The molecule has 1 aromatic heterocycles. The molecule has 0 atom stereocenters. The highest BCUT2D eigenvalue weighted by molar-refractivity contribution is 5.31. The molecule has 0 spiro atoms. The lowest BCUT2D eigenvalue weighted by atomic mass is 10.1. The number of aryl methyl sites for hydroxylation is 1. The van der Waals surface area contributed by atoms with E-state index in [2.05, 4.69) is 15.3 Å². The van der Waals surface area contributed by atoms with Crippen LogP contribution in [0.4, 0.5) is 5.95 Å². The van der Waals surface area contributed by atoms with Gasteiger partial charge in [0.05, 0.1) is 6.10 Å². The molecule has 1 aromatic rings. The van der Waals surface area contributed by atoms with Crippen molar-refractivity contribution in [2.75, 3.05) is 5.32 Å². The van der Waals surface area contributed by atoms with Crippen molar-refractivity contribution in [3.63, 3.8) is 0 Å². The first-order valence-corrected chi connectivity index (χ1v) is 7.42. The van der Waals surface area contributed by atoms with Crippen LogP contribution in [0.15, 0.2) is 6.07 Å². The van der Waals surface area contributed by atoms with E-state index in [4.69, 9.17) is 4.74 Å². The molecule has 0 radical (unpaired) electrons. The number of hydrogen-bond acceptors (Lipinski definition) is 4. The fourth-order valence-corrected chi connectivity index (χ4v) is 2.51. The summed E-state index contributed by atoms with van der Waals surface area (Å²) >= 11 is 0. The summed E-state index contributed by atoms with van der Waals surface area (Å²) in [5.41, 5.74) is 0.946. The number of nitrogens with one attached hydrogen (secondary N) is 1. The van der Waals surface area contributed by atoms with E-state index in [1.807, 2.05) is 26.8 Å². The van der Waals surface area contributed by atoms with Crippen LogP contribution >= 0.6 is 0 Å². The minimum atomic E-state index is 0.139. The SMILES string of the molecule is Cc1cc(OC(C)C)nc(NC2CCCCCC2)n1. The van der Waals surface area contributed by atoms with E-state index in [1.165, 1.54) is 38.5 Å². The molecule has 19 heavy (non-hydrogen) atoms. The normalized spacial score (nSPS) is 17.3. The first kappa shape index (κ1) is 14.1. The van der Waals surface area contributed by atoms with Gasteiger partial charge in [0.2, 0.25) is 11.8 Å². The standard InChI is InChI=1S/C15H25N3O/c1-11(2)19-14-10-12(3)16-15(18-14)17-13-8-6-4-5-7-9-13/h10-11,13H,4-9H2,1-3H3,(H,16,17,18). The largest absolute Gasteiger partial charge is 0.475 e. The number of rotatable bonds is 4. The second kappa shape index (κ2) is 6.73. The monoisotopic (exact) mass is 263 g/mol. The Morgan fingerprint density at radius 1 is 1.16 bits per heavy atom. The third-order valence-corrected chi connectivity index (χ3v) is 3.38. The van der Waals surface area contributed by atoms with Gasteiger partial charge in [0, 0.05) is 17.8 Å². The Morgan fingerprint density at radius 2 is 1.84 bits per heavy atom. The molecule has 0 bridgehead atoms. The zero-order chi connectivity index (χ0) is 13.7. The molecule has 1 fully saturated rings. The first-order valence-electron chi connectivity index (χ1n) is 7.42. The van der Waals surface area contributed by atoms with Crippen molar-refractivity contribution < 1.29 is 4.74 Å². The summed E-state index contributed by atoms with van der Waals surface area (Å²) in [6.07, 6.45) is 7.90. The van der Waals surface area contributed by atoms with Crippen molar-refractivity contribution in [1.82, 2.24) is 9.97 Å². The number of nitrogens with zero attached hydrogens (tertiary/aromatic N) is 2. The van der Waals surface area contributed by atoms with E-state index in [0.29, 0.717) is 17.9 Å². The molecular formula is C15H25N3O. The Kier molecular flexibility index (Phi) is 5.00. The molecule has 2 rings (SSSR count). The first-order chi connectivity index (χ1) is 9.13. The maximum Gasteiger partial charge on any atom is 0.226 e. The number of hydrogen-bond donors (Lipinski definition) is 1.